The molecule has 1 nitrogen and oxygen atoms in total. The summed E-state index contributed by atoms with van der Waals surface area (Å²) in [6.45, 7) is 3.91. The molecule has 1 aromatic carbocycles. The van der Waals surface area contributed by atoms with Crippen molar-refractivity contribution in [1.29, 1.82) is 0 Å². The summed E-state index contributed by atoms with van der Waals surface area (Å²) < 4.78 is 6.98. The summed E-state index contributed by atoms with van der Waals surface area (Å²) in [5.41, 5.74) is 1.27. The van der Waals surface area contributed by atoms with E-state index in [4.69, 9.17) is 4.74 Å². The average molecular weight is 332 g/mol. The molecule has 0 saturated carbocycles. The van der Waals surface area contributed by atoms with Gasteiger partial charge in [0.05, 0.1) is 6.61 Å². The molecule has 0 aliphatic rings. The number of ether oxygens (including phenoxy) is 1. The zero-order chi connectivity index (χ0) is 11.6. The largest absolute Gasteiger partial charge is 0.376 e. The molecule has 0 heterocycles. The molecule has 0 aliphatic heterocycles. The minimum atomic E-state index is 0.687. The van der Waals surface area contributed by atoms with Gasteiger partial charge in [-0.15, -0.1) is 0 Å². The molecule has 0 bridgehead atoms. The fraction of sp³-hybridized carbons (Fsp3) is 0.571. The quantitative estimate of drug-likeness (QED) is 0.388. The van der Waals surface area contributed by atoms with E-state index >= 15 is 0 Å². The molecule has 0 fully saturated rings. The van der Waals surface area contributed by atoms with Crippen LogP contribution in [0.15, 0.2) is 30.3 Å². The first-order valence-electron chi connectivity index (χ1n) is 6.00. The molecule has 16 heavy (non-hydrogen) atoms. The van der Waals surface area contributed by atoms with E-state index in [9.17, 15) is 0 Å². The maximum Gasteiger partial charge on any atom is 0.0717 e. The minimum Gasteiger partial charge on any atom is -0.376 e. The van der Waals surface area contributed by atoms with Crippen LogP contribution in [0.3, 0.4) is 0 Å². The second kappa shape index (κ2) is 8.99. The highest BCUT2D eigenvalue weighted by molar-refractivity contribution is 14.1. The normalized spacial score (nSPS) is 12.6. The summed E-state index contributed by atoms with van der Waals surface area (Å²) in [6, 6.07) is 10.4. The number of halogens is 1. The summed E-state index contributed by atoms with van der Waals surface area (Å²) >= 11 is 2.44. The van der Waals surface area contributed by atoms with Gasteiger partial charge in [-0.05, 0) is 28.8 Å². The van der Waals surface area contributed by atoms with Crippen LogP contribution < -0.4 is 0 Å². The van der Waals surface area contributed by atoms with E-state index in [1.54, 1.807) is 0 Å². The van der Waals surface area contributed by atoms with Gasteiger partial charge in [0.25, 0.3) is 0 Å². The van der Waals surface area contributed by atoms with E-state index in [1.807, 2.05) is 6.07 Å². The Kier molecular flexibility index (Phi) is 7.85. The zero-order valence-electron chi connectivity index (χ0n) is 9.99. The first-order chi connectivity index (χ1) is 7.83. The molecule has 90 valence electrons. The highest BCUT2D eigenvalue weighted by Gasteiger charge is 2.02. The van der Waals surface area contributed by atoms with E-state index in [0.29, 0.717) is 5.92 Å². The molecule has 0 aromatic heterocycles. The smallest absolute Gasteiger partial charge is 0.0717 e. The Morgan fingerprint density at radius 3 is 2.62 bits per heavy atom. The molecule has 2 heteroatoms. The van der Waals surface area contributed by atoms with Crippen molar-refractivity contribution in [1.82, 2.24) is 0 Å². The van der Waals surface area contributed by atoms with Crippen molar-refractivity contribution in [3.05, 3.63) is 35.9 Å². The topological polar surface area (TPSA) is 9.23 Å². The van der Waals surface area contributed by atoms with Gasteiger partial charge in [-0.1, -0.05) is 66.3 Å². The Morgan fingerprint density at radius 1 is 1.19 bits per heavy atom. The van der Waals surface area contributed by atoms with E-state index < -0.39 is 0 Å². The third kappa shape index (κ3) is 6.48. The van der Waals surface area contributed by atoms with Crippen molar-refractivity contribution in [3.63, 3.8) is 0 Å². The molecule has 0 spiro atoms. The molecule has 1 rings (SSSR count). The molecule has 0 N–H and O–H groups in total. The number of hydrogen-bond donors (Lipinski definition) is 0. The Morgan fingerprint density at radius 2 is 1.94 bits per heavy atom. The third-order valence-electron chi connectivity index (χ3n) is 2.59. The number of benzene rings is 1. The fourth-order valence-corrected chi connectivity index (χ4v) is 2.16. The SMILES string of the molecule is CC(CCCCI)COCc1ccccc1. The molecular weight excluding hydrogens is 311 g/mol. The molecule has 1 unspecified atom stereocenters. The fourth-order valence-electron chi connectivity index (χ4n) is 1.62. The predicted octanol–water partition coefficient (Wildman–Crippen LogP) is 4.44. The Labute approximate surface area is 113 Å². The lowest BCUT2D eigenvalue weighted by Gasteiger charge is -2.11. The molecule has 0 radical (unpaired) electrons. The molecule has 1 atom stereocenters. The number of hydrogen-bond acceptors (Lipinski definition) is 1. The highest BCUT2D eigenvalue weighted by atomic mass is 127. The van der Waals surface area contributed by atoms with Crippen molar-refractivity contribution >= 4 is 22.6 Å². The van der Waals surface area contributed by atoms with Crippen LogP contribution in [0, 0.1) is 5.92 Å². The van der Waals surface area contributed by atoms with Gasteiger partial charge in [0.2, 0.25) is 0 Å². The maximum atomic E-state index is 5.71. The van der Waals surface area contributed by atoms with Crippen LogP contribution in [0.25, 0.3) is 0 Å². The van der Waals surface area contributed by atoms with E-state index in [1.165, 1.54) is 29.3 Å². The number of unbranched alkanes of at least 4 members (excludes halogenated alkanes) is 1. The molecule has 1 aromatic rings. The second-order valence-electron chi connectivity index (χ2n) is 4.29. The van der Waals surface area contributed by atoms with Gasteiger partial charge in [0.1, 0.15) is 0 Å². The van der Waals surface area contributed by atoms with Crippen LogP contribution in [0.2, 0.25) is 0 Å². The molecular formula is C14H21IO. The summed E-state index contributed by atoms with van der Waals surface area (Å²) in [6.07, 6.45) is 3.96. The Bertz CT molecular complexity index is 261. The van der Waals surface area contributed by atoms with Crippen molar-refractivity contribution in [3.8, 4) is 0 Å². The van der Waals surface area contributed by atoms with Crippen molar-refractivity contribution in [2.24, 2.45) is 5.92 Å². The van der Waals surface area contributed by atoms with Crippen LogP contribution in [-0.4, -0.2) is 11.0 Å². The van der Waals surface area contributed by atoms with Crippen LogP contribution >= 0.6 is 22.6 Å². The van der Waals surface area contributed by atoms with Crippen molar-refractivity contribution in [2.45, 2.75) is 32.8 Å². The summed E-state index contributed by atoms with van der Waals surface area (Å²) in [5.74, 6) is 0.687. The minimum absolute atomic E-state index is 0.687. The number of alkyl halides is 1. The zero-order valence-corrected chi connectivity index (χ0v) is 12.2. The van der Waals surface area contributed by atoms with E-state index in [0.717, 1.165) is 13.2 Å². The standard InChI is InChI=1S/C14H21IO/c1-13(7-5-6-10-15)11-16-12-14-8-3-2-4-9-14/h2-4,8-9,13H,5-7,10-12H2,1H3. The van der Waals surface area contributed by atoms with Crippen LogP contribution in [0.1, 0.15) is 31.7 Å². The monoisotopic (exact) mass is 332 g/mol. The third-order valence-corrected chi connectivity index (χ3v) is 3.36. The molecule has 0 saturated heterocycles. The number of rotatable bonds is 8. The lowest BCUT2D eigenvalue weighted by Crippen LogP contribution is -2.06. The van der Waals surface area contributed by atoms with Gasteiger partial charge in [0, 0.05) is 6.61 Å². The van der Waals surface area contributed by atoms with Gasteiger partial charge >= 0.3 is 0 Å². The summed E-state index contributed by atoms with van der Waals surface area (Å²) in [5, 5.41) is 0. The molecule has 0 amide bonds. The lowest BCUT2D eigenvalue weighted by atomic mass is 10.1. The van der Waals surface area contributed by atoms with Crippen molar-refractivity contribution < 1.29 is 4.74 Å². The molecule has 0 aliphatic carbocycles. The Balaban J connectivity index is 2.06. The summed E-state index contributed by atoms with van der Waals surface area (Å²) in [4.78, 5) is 0. The van der Waals surface area contributed by atoms with E-state index in [2.05, 4.69) is 53.8 Å². The van der Waals surface area contributed by atoms with Crippen LogP contribution in [0.5, 0.6) is 0 Å². The lowest BCUT2D eigenvalue weighted by molar-refractivity contribution is 0.0889. The summed E-state index contributed by atoms with van der Waals surface area (Å²) in [7, 11) is 0. The maximum absolute atomic E-state index is 5.71. The van der Waals surface area contributed by atoms with Gasteiger partial charge in [-0.3, -0.25) is 0 Å². The first-order valence-corrected chi connectivity index (χ1v) is 7.53. The van der Waals surface area contributed by atoms with Crippen LogP contribution in [-0.2, 0) is 11.3 Å². The van der Waals surface area contributed by atoms with Crippen molar-refractivity contribution in [2.75, 3.05) is 11.0 Å². The van der Waals surface area contributed by atoms with Gasteiger partial charge in [-0.2, -0.15) is 0 Å². The second-order valence-corrected chi connectivity index (χ2v) is 5.37. The van der Waals surface area contributed by atoms with Gasteiger partial charge in [-0.25, -0.2) is 0 Å². The predicted molar refractivity (Wildman–Crippen MR) is 78.0 cm³/mol. The average Bonchev–Trinajstić information content (AvgIpc) is 2.31. The first kappa shape index (κ1) is 14.0. The van der Waals surface area contributed by atoms with Gasteiger partial charge < -0.3 is 4.74 Å². The highest BCUT2D eigenvalue weighted by Crippen LogP contribution is 2.10. The Hall–Kier alpha value is -0.0900. The van der Waals surface area contributed by atoms with Crippen LogP contribution in [0.4, 0.5) is 0 Å². The van der Waals surface area contributed by atoms with E-state index in [-0.39, 0.29) is 0 Å². The van der Waals surface area contributed by atoms with Gasteiger partial charge in [0.15, 0.2) is 0 Å².